The van der Waals surface area contributed by atoms with Gasteiger partial charge < -0.3 is 18.9 Å². The van der Waals surface area contributed by atoms with Crippen molar-refractivity contribution in [1.82, 2.24) is 0 Å². The van der Waals surface area contributed by atoms with Crippen LogP contribution < -0.4 is 14.2 Å². The number of benzene rings is 1. The number of ether oxygens (including phenoxy) is 4. The van der Waals surface area contributed by atoms with Gasteiger partial charge in [-0.05, 0) is 46.1 Å². The van der Waals surface area contributed by atoms with E-state index < -0.39 is 0 Å². The lowest BCUT2D eigenvalue weighted by Gasteiger charge is -2.21. The van der Waals surface area contributed by atoms with Crippen molar-refractivity contribution < 1.29 is 18.9 Å². The Bertz CT molecular complexity index is 486. The van der Waals surface area contributed by atoms with Crippen LogP contribution in [0.5, 0.6) is 17.2 Å². The van der Waals surface area contributed by atoms with Crippen LogP contribution in [0.25, 0.3) is 0 Å². The van der Waals surface area contributed by atoms with Crippen LogP contribution in [-0.2, 0) is 4.74 Å². The number of hydrogen-bond acceptors (Lipinski definition) is 4. The third kappa shape index (κ3) is 3.86. The molecule has 1 heterocycles. The Morgan fingerprint density at radius 1 is 1.00 bits per heavy atom. The Labute approximate surface area is 133 Å². The van der Waals surface area contributed by atoms with E-state index in [9.17, 15) is 0 Å². The van der Waals surface area contributed by atoms with E-state index in [0.29, 0.717) is 37.9 Å². The molecule has 4 heteroatoms. The molecule has 124 valence electrons. The Morgan fingerprint density at radius 3 is 2.14 bits per heavy atom. The van der Waals surface area contributed by atoms with Gasteiger partial charge in [0.1, 0.15) is 0 Å². The number of epoxide rings is 1. The van der Waals surface area contributed by atoms with Gasteiger partial charge in [-0.15, -0.1) is 0 Å². The topological polar surface area (TPSA) is 40.2 Å². The summed E-state index contributed by atoms with van der Waals surface area (Å²) in [5, 5.41) is 0. The molecule has 1 fully saturated rings. The van der Waals surface area contributed by atoms with Crippen LogP contribution in [0, 0.1) is 0 Å². The predicted octanol–water partition coefficient (Wildman–Crippen LogP) is 4.16. The fourth-order valence-electron chi connectivity index (χ4n) is 2.74. The average Bonchev–Trinajstić information content (AvgIpc) is 3.18. The zero-order valence-corrected chi connectivity index (χ0v) is 14.3. The first-order valence-corrected chi connectivity index (χ1v) is 8.33. The first-order valence-electron chi connectivity index (χ1n) is 8.33. The van der Waals surface area contributed by atoms with Gasteiger partial charge in [0.15, 0.2) is 11.5 Å². The highest BCUT2D eigenvalue weighted by Gasteiger charge is 2.36. The van der Waals surface area contributed by atoms with Crippen molar-refractivity contribution in [2.45, 2.75) is 59.2 Å². The maximum Gasteiger partial charge on any atom is 0.203 e. The van der Waals surface area contributed by atoms with Gasteiger partial charge in [-0.1, -0.05) is 13.0 Å². The molecule has 3 unspecified atom stereocenters. The summed E-state index contributed by atoms with van der Waals surface area (Å²) in [6.45, 7) is 12.1. The van der Waals surface area contributed by atoms with Gasteiger partial charge in [-0.3, -0.25) is 0 Å². The van der Waals surface area contributed by atoms with Crippen molar-refractivity contribution in [2.24, 2.45) is 0 Å². The number of rotatable bonds is 9. The summed E-state index contributed by atoms with van der Waals surface area (Å²) in [6, 6.07) is 4.08. The highest BCUT2D eigenvalue weighted by atomic mass is 16.6. The van der Waals surface area contributed by atoms with Gasteiger partial charge in [-0.2, -0.15) is 0 Å². The van der Waals surface area contributed by atoms with Gasteiger partial charge in [0.05, 0.1) is 32.0 Å². The van der Waals surface area contributed by atoms with Gasteiger partial charge in [0.25, 0.3) is 0 Å². The molecule has 22 heavy (non-hydrogen) atoms. The predicted molar refractivity (Wildman–Crippen MR) is 87.3 cm³/mol. The molecule has 4 nitrogen and oxygen atoms in total. The summed E-state index contributed by atoms with van der Waals surface area (Å²) >= 11 is 0. The van der Waals surface area contributed by atoms with Crippen LogP contribution >= 0.6 is 0 Å². The maximum atomic E-state index is 5.91. The minimum atomic E-state index is 0.353. The molecule has 0 N–H and O–H groups in total. The third-order valence-corrected chi connectivity index (χ3v) is 3.94. The summed E-state index contributed by atoms with van der Waals surface area (Å²) in [5.74, 6) is 2.64. The van der Waals surface area contributed by atoms with Crippen molar-refractivity contribution in [1.29, 1.82) is 0 Å². The lowest BCUT2D eigenvalue weighted by Crippen LogP contribution is -2.08. The lowest BCUT2D eigenvalue weighted by atomic mass is 9.94. The Morgan fingerprint density at radius 2 is 1.59 bits per heavy atom. The molecule has 3 atom stereocenters. The average molecular weight is 308 g/mol. The second-order valence-corrected chi connectivity index (χ2v) is 5.63. The summed E-state index contributed by atoms with van der Waals surface area (Å²) < 4.78 is 23.0. The summed E-state index contributed by atoms with van der Waals surface area (Å²) in [5.41, 5.74) is 1.16. The maximum absolute atomic E-state index is 5.91. The van der Waals surface area contributed by atoms with Gasteiger partial charge in [0.2, 0.25) is 5.75 Å². The van der Waals surface area contributed by atoms with Crippen LogP contribution in [0.3, 0.4) is 0 Å². The van der Waals surface area contributed by atoms with E-state index >= 15 is 0 Å². The Hall–Kier alpha value is -1.42. The molecule has 1 saturated heterocycles. The lowest BCUT2D eigenvalue weighted by molar-refractivity contribution is 0.257. The summed E-state index contributed by atoms with van der Waals surface area (Å²) in [6.07, 6.45) is 1.75. The van der Waals surface area contributed by atoms with E-state index in [1.165, 1.54) is 0 Å². The quantitative estimate of drug-likeness (QED) is 0.642. The summed E-state index contributed by atoms with van der Waals surface area (Å²) in [7, 11) is 0. The van der Waals surface area contributed by atoms with E-state index in [0.717, 1.165) is 29.2 Å². The Balaban J connectivity index is 2.32. The van der Waals surface area contributed by atoms with E-state index in [1.807, 2.05) is 26.8 Å². The second-order valence-electron chi connectivity index (χ2n) is 5.63. The standard InChI is InChI=1S/C18H28O4/c1-6-19-15-10-9-14(12(4)11-16-13(5)22-16)17(20-7-2)18(15)21-8-3/h9-10,12-13,16H,6-8,11H2,1-5H3. The highest BCUT2D eigenvalue weighted by molar-refractivity contribution is 5.57. The SMILES string of the molecule is CCOc1ccc(C(C)CC2OC2C)c(OCC)c1OCC. The zero-order valence-electron chi connectivity index (χ0n) is 14.3. The smallest absolute Gasteiger partial charge is 0.203 e. The molecule has 1 aliphatic rings. The molecular formula is C18H28O4. The third-order valence-electron chi connectivity index (χ3n) is 3.94. The molecule has 0 aromatic heterocycles. The zero-order chi connectivity index (χ0) is 16.1. The molecule has 1 aromatic rings. The fraction of sp³-hybridized carbons (Fsp3) is 0.667. The second kappa shape index (κ2) is 7.73. The van der Waals surface area contributed by atoms with Crippen LogP contribution in [0.2, 0.25) is 0 Å². The molecule has 0 saturated carbocycles. The van der Waals surface area contributed by atoms with E-state index in [1.54, 1.807) is 0 Å². The number of hydrogen-bond donors (Lipinski definition) is 0. The van der Waals surface area contributed by atoms with Gasteiger partial charge in [-0.25, -0.2) is 0 Å². The van der Waals surface area contributed by atoms with Crippen molar-refractivity contribution in [3.63, 3.8) is 0 Å². The van der Waals surface area contributed by atoms with Crippen molar-refractivity contribution in [3.05, 3.63) is 17.7 Å². The van der Waals surface area contributed by atoms with Crippen LogP contribution in [0.1, 0.15) is 52.5 Å². The normalized spacial score (nSPS) is 21.3. The van der Waals surface area contributed by atoms with Crippen molar-refractivity contribution in [2.75, 3.05) is 19.8 Å². The molecule has 1 aromatic carbocycles. The molecular weight excluding hydrogens is 280 g/mol. The molecule has 0 amide bonds. The minimum absolute atomic E-state index is 0.353. The van der Waals surface area contributed by atoms with Crippen LogP contribution in [0.15, 0.2) is 12.1 Å². The molecule has 1 aliphatic heterocycles. The molecule has 0 spiro atoms. The molecule has 2 rings (SSSR count). The van der Waals surface area contributed by atoms with E-state index in [4.69, 9.17) is 18.9 Å². The molecule has 0 radical (unpaired) electrons. The van der Waals surface area contributed by atoms with Gasteiger partial charge >= 0.3 is 0 Å². The van der Waals surface area contributed by atoms with Crippen molar-refractivity contribution in [3.8, 4) is 17.2 Å². The van der Waals surface area contributed by atoms with E-state index in [2.05, 4.69) is 19.9 Å². The monoisotopic (exact) mass is 308 g/mol. The first-order chi connectivity index (χ1) is 10.6. The largest absolute Gasteiger partial charge is 0.490 e. The fourth-order valence-corrected chi connectivity index (χ4v) is 2.74. The van der Waals surface area contributed by atoms with Crippen LogP contribution in [-0.4, -0.2) is 32.0 Å². The van der Waals surface area contributed by atoms with Gasteiger partial charge in [0, 0.05) is 5.56 Å². The van der Waals surface area contributed by atoms with E-state index in [-0.39, 0.29) is 0 Å². The van der Waals surface area contributed by atoms with Crippen LogP contribution in [0.4, 0.5) is 0 Å². The summed E-state index contributed by atoms with van der Waals surface area (Å²) in [4.78, 5) is 0. The Kier molecular flexibility index (Phi) is 5.95. The van der Waals surface area contributed by atoms with Crippen molar-refractivity contribution >= 4 is 0 Å². The highest BCUT2D eigenvalue weighted by Crippen LogP contribution is 2.45. The molecule has 0 aliphatic carbocycles. The molecule has 0 bridgehead atoms. The first kappa shape index (κ1) is 16.9. The minimum Gasteiger partial charge on any atom is -0.490 e.